The molecule has 0 radical (unpaired) electrons. The van der Waals surface area contributed by atoms with E-state index < -0.39 is 0 Å². The first-order valence-corrected chi connectivity index (χ1v) is 6.26. The third kappa shape index (κ3) is 3.52. The van der Waals surface area contributed by atoms with Gasteiger partial charge in [0.15, 0.2) is 5.82 Å². The molecule has 1 unspecified atom stereocenters. The molecule has 0 bridgehead atoms. The number of nitrogens with zero attached hydrogens (tertiary/aromatic N) is 4. The first kappa shape index (κ1) is 14.4. The molecule has 9 heteroatoms. The SMILES string of the molecule is CC(=O)Nc1cnn(CC(=O)N2CCOCC2CO)n1. The topological polar surface area (TPSA) is 110 Å². The molecule has 1 aliphatic heterocycles. The van der Waals surface area contributed by atoms with Crippen molar-refractivity contribution in [3.63, 3.8) is 0 Å². The number of aliphatic hydroxyl groups is 1. The van der Waals surface area contributed by atoms with E-state index in [2.05, 4.69) is 15.5 Å². The van der Waals surface area contributed by atoms with Crippen LogP contribution in [0, 0.1) is 0 Å². The van der Waals surface area contributed by atoms with Crippen LogP contribution in [-0.4, -0.2) is 69.2 Å². The second-order valence-corrected chi connectivity index (χ2v) is 4.44. The molecule has 1 aromatic heterocycles. The highest BCUT2D eigenvalue weighted by Crippen LogP contribution is 2.08. The molecular weight excluding hydrogens is 266 g/mol. The molecule has 2 heterocycles. The summed E-state index contributed by atoms with van der Waals surface area (Å²) in [4.78, 5) is 25.8. The molecule has 2 rings (SSSR count). The van der Waals surface area contributed by atoms with Gasteiger partial charge in [-0.2, -0.15) is 9.90 Å². The number of aromatic nitrogens is 3. The van der Waals surface area contributed by atoms with Gasteiger partial charge in [0.2, 0.25) is 11.8 Å². The minimum absolute atomic E-state index is 0.0456. The van der Waals surface area contributed by atoms with Gasteiger partial charge in [0.25, 0.3) is 0 Å². The molecule has 9 nitrogen and oxygen atoms in total. The van der Waals surface area contributed by atoms with Gasteiger partial charge in [-0.25, -0.2) is 0 Å². The van der Waals surface area contributed by atoms with Gasteiger partial charge >= 0.3 is 0 Å². The Morgan fingerprint density at radius 3 is 3.10 bits per heavy atom. The number of hydrogen-bond acceptors (Lipinski definition) is 6. The number of rotatable bonds is 4. The zero-order valence-corrected chi connectivity index (χ0v) is 11.2. The van der Waals surface area contributed by atoms with Crippen LogP contribution in [0.1, 0.15) is 6.92 Å². The lowest BCUT2D eigenvalue weighted by atomic mass is 10.2. The van der Waals surface area contributed by atoms with Crippen LogP contribution in [0.15, 0.2) is 6.20 Å². The Labute approximate surface area is 115 Å². The van der Waals surface area contributed by atoms with Crippen molar-refractivity contribution in [3.8, 4) is 0 Å². The molecule has 0 aromatic carbocycles. The van der Waals surface area contributed by atoms with Crippen molar-refractivity contribution in [1.82, 2.24) is 19.9 Å². The maximum absolute atomic E-state index is 12.1. The Morgan fingerprint density at radius 2 is 2.40 bits per heavy atom. The maximum atomic E-state index is 12.1. The highest BCUT2D eigenvalue weighted by atomic mass is 16.5. The van der Waals surface area contributed by atoms with Crippen molar-refractivity contribution in [2.45, 2.75) is 19.5 Å². The summed E-state index contributed by atoms with van der Waals surface area (Å²) < 4.78 is 5.21. The van der Waals surface area contributed by atoms with E-state index in [9.17, 15) is 14.7 Å². The Hall–Kier alpha value is -2.00. The molecule has 110 valence electrons. The summed E-state index contributed by atoms with van der Waals surface area (Å²) in [5, 5.41) is 19.6. The lowest BCUT2D eigenvalue weighted by Crippen LogP contribution is -2.51. The Kier molecular flexibility index (Phi) is 4.64. The highest BCUT2D eigenvalue weighted by molar-refractivity contribution is 5.87. The van der Waals surface area contributed by atoms with Gasteiger partial charge in [-0.15, -0.1) is 5.10 Å². The minimum atomic E-state index is -0.332. The number of nitrogens with one attached hydrogen (secondary N) is 1. The summed E-state index contributed by atoms with van der Waals surface area (Å²) in [6, 6.07) is -0.332. The fourth-order valence-corrected chi connectivity index (χ4v) is 1.96. The second kappa shape index (κ2) is 6.44. The lowest BCUT2D eigenvalue weighted by molar-refractivity contribution is -0.142. The lowest BCUT2D eigenvalue weighted by Gasteiger charge is -2.34. The standard InChI is InChI=1S/C11H17N5O4/c1-8(18)13-10-4-12-16(14-10)5-11(19)15-2-3-20-7-9(15)6-17/h4,9,17H,2-3,5-7H2,1H3,(H,13,14,18). The normalized spacial score (nSPS) is 18.9. The van der Waals surface area contributed by atoms with Crippen LogP contribution >= 0.6 is 0 Å². The molecular formula is C11H17N5O4. The smallest absolute Gasteiger partial charge is 0.246 e. The van der Waals surface area contributed by atoms with Crippen molar-refractivity contribution in [2.24, 2.45) is 0 Å². The van der Waals surface area contributed by atoms with E-state index in [1.165, 1.54) is 17.9 Å². The fraction of sp³-hybridized carbons (Fsp3) is 0.636. The molecule has 2 amide bonds. The number of ether oxygens (including phenoxy) is 1. The van der Waals surface area contributed by atoms with Crippen molar-refractivity contribution < 1.29 is 19.4 Å². The minimum Gasteiger partial charge on any atom is -0.394 e. The maximum Gasteiger partial charge on any atom is 0.246 e. The molecule has 2 N–H and O–H groups in total. The number of hydrogen-bond donors (Lipinski definition) is 2. The number of aliphatic hydroxyl groups excluding tert-OH is 1. The average Bonchev–Trinajstić information content (AvgIpc) is 2.85. The third-order valence-electron chi connectivity index (χ3n) is 2.88. The average molecular weight is 283 g/mol. The van der Waals surface area contributed by atoms with Gasteiger partial charge in [0, 0.05) is 13.5 Å². The molecule has 1 saturated heterocycles. The molecule has 1 aliphatic rings. The first-order chi connectivity index (χ1) is 9.60. The van der Waals surface area contributed by atoms with Crippen molar-refractivity contribution in [3.05, 3.63) is 6.20 Å². The third-order valence-corrected chi connectivity index (χ3v) is 2.88. The van der Waals surface area contributed by atoms with Crippen LogP contribution < -0.4 is 5.32 Å². The summed E-state index contributed by atoms with van der Waals surface area (Å²) in [6.45, 7) is 2.39. The van der Waals surface area contributed by atoms with E-state index in [1.54, 1.807) is 4.90 Å². The van der Waals surface area contributed by atoms with E-state index in [4.69, 9.17) is 4.74 Å². The predicted molar refractivity (Wildman–Crippen MR) is 67.7 cm³/mol. The van der Waals surface area contributed by atoms with Crippen molar-refractivity contribution in [1.29, 1.82) is 0 Å². The predicted octanol–water partition coefficient (Wildman–Crippen LogP) is -1.54. The van der Waals surface area contributed by atoms with Gasteiger partial charge < -0.3 is 20.1 Å². The number of carbonyl (C=O) groups excluding carboxylic acids is 2. The van der Waals surface area contributed by atoms with Gasteiger partial charge in [-0.1, -0.05) is 0 Å². The van der Waals surface area contributed by atoms with E-state index in [0.29, 0.717) is 25.6 Å². The van der Waals surface area contributed by atoms with Gasteiger partial charge in [0.1, 0.15) is 6.54 Å². The summed E-state index contributed by atoms with van der Waals surface area (Å²) in [5.74, 6) is -0.153. The van der Waals surface area contributed by atoms with Crippen LogP contribution in [0.4, 0.5) is 5.82 Å². The van der Waals surface area contributed by atoms with E-state index in [1.807, 2.05) is 0 Å². The fourth-order valence-electron chi connectivity index (χ4n) is 1.96. The molecule has 0 saturated carbocycles. The molecule has 0 aliphatic carbocycles. The van der Waals surface area contributed by atoms with Crippen LogP contribution in [0.2, 0.25) is 0 Å². The summed E-state index contributed by atoms with van der Waals surface area (Å²) in [7, 11) is 0. The monoisotopic (exact) mass is 283 g/mol. The molecule has 20 heavy (non-hydrogen) atoms. The van der Waals surface area contributed by atoms with Gasteiger partial charge in [-0.05, 0) is 0 Å². The van der Waals surface area contributed by atoms with Crippen LogP contribution in [0.5, 0.6) is 0 Å². The van der Waals surface area contributed by atoms with Crippen molar-refractivity contribution >= 4 is 17.6 Å². The zero-order chi connectivity index (χ0) is 14.5. The number of amides is 2. The number of anilines is 1. The first-order valence-electron chi connectivity index (χ1n) is 6.26. The summed E-state index contributed by atoms with van der Waals surface area (Å²) in [6.07, 6.45) is 1.37. The second-order valence-electron chi connectivity index (χ2n) is 4.44. The van der Waals surface area contributed by atoms with Crippen LogP contribution in [0.3, 0.4) is 0 Å². The summed E-state index contributed by atoms with van der Waals surface area (Å²) in [5.41, 5.74) is 0. The Balaban J connectivity index is 1.96. The van der Waals surface area contributed by atoms with Gasteiger partial charge in [0.05, 0.1) is 32.1 Å². The van der Waals surface area contributed by atoms with Crippen molar-refractivity contribution in [2.75, 3.05) is 31.7 Å². The van der Waals surface area contributed by atoms with Crippen LogP contribution in [0.25, 0.3) is 0 Å². The van der Waals surface area contributed by atoms with E-state index in [0.717, 1.165) is 0 Å². The van der Waals surface area contributed by atoms with E-state index in [-0.39, 0.29) is 31.0 Å². The highest BCUT2D eigenvalue weighted by Gasteiger charge is 2.27. The molecule has 0 spiro atoms. The molecule has 1 atom stereocenters. The summed E-state index contributed by atoms with van der Waals surface area (Å²) >= 11 is 0. The Morgan fingerprint density at radius 1 is 1.60 bits per heavy atom. The zero-order valence-electron chi connectivity index (χ0n) is 11.2. The Bertz CT molecular complexity index is 489. The van der Waals surface area contributed by atoms with E-state index >= 15 is 0 Å². The largest absolute Gasteiger partial charge is 0.394 e. The quantitative estimate of drug-likeness (QED) is 0.693. The number of carbonyl (C=O) groups is 2. The molecule has 1 aromatic rings. The van der Waals surface area contributed by atoms with Gasteiger partial charge in [-0.3, -0.25) is 9.59 Å². The number of morpholine rings is 1. The van der Waals surface area contributed by atoms with Crippen LogP contribution in [-0.2, 0) is 20.9 Å². The molecule has 1 fully saturated rings.